The smallest absolute Gasteiger partial charge is 0.269 e. The highest BCUT2D eigenvalue weighted by molar-refractivity contribution is 5.92. The number of hydrogen-bond acceptors (Lipinski definition) is 5. The van der Waals surface area contributed by atoms with Crippen molar-refractivity contribution >= 4 is 17.5 Å². The summed E-state index contributed by atoms with van der Waals surface area (Å²) in [5.74, 6) is -0.0349. The normalized spacial score (nSPS) is 15.0. The van der Waals surface area contributed by atoms with Gasteiger partial charge in [0.2, 0.25) is 5.91 Å². The summed E-state index contributed by atoms with van der Waals surface area (Å²) in [6.07, 6.45) is 1.73. The minimum absolute atomic E-state index is 0.118. The maximum atomic E-state index is 12.0. The summed E-state index contributed by atoms with van der Waals surface area (Å²) in [6.45, 7) is 6.02. The molecule has 1 aliphatic heterocycles. The van der Waals surface area contributed by atoms with Crippen molar-refractivity contribution in [3.05, 3.63) is 24.0 Å². The van der Waals surface area contributed by atoms with E-state index in [4.69, 9.17) is 0 Å². The quantitative estimate of drug-likeness (QED) is 0.830. The van der Waals surface area contributed by atoms with Gasteiger partial charge in [0.1, 0.15) is 5.69 Å². The molecule has 7 heteroatoms. The van der Waals surface area contributed by atoms with Gasteiger partial charge in [-0.2, -0.15) is 0 Å². The Kier molecular flexibility index (Phi) is 5.92. The third kappa shape index (κ3) is 4.92. The lowest BCUT2D eigenvalue weighted by Crippen LogP contribution is -2.48. The molecule has 126 valence electrons. The van der Waals surface area contributed by atoms with E-state index < -0.39 is 0 Å². The molecular weight excluding hydrogens is 294 g/mol. The molecule has 2 rings (SSSR count). The Morgan fingerprint density at radius 3 is 2.43 bits per heavy atom. The lowest BCUT2D eigenvalue weighted by Gasteiger charge is -2.35. The van der Waals surface area contributed by atoms with Crippen molar-refractivity contribution in [3.8, 4) is 0 Å². The molecule has 0 saturated carbocycles. The first-order valence-corrected chi connectivity index (χ1v) is 7.87. The summed E-state index contributed by atoms with van der Waals surface area (Å²) in [6, 6.07) is 3.66. The second-order valence-corrected chi connectivity index (χ2v) is 5.95. The predicted molar refractivity (Wildman–Crippen MR) is 89.6 cm³/mol. The minimum atomic E-state index is -0.153. The van der Waals surface area contributed by atoms with E-state index in [-0.39, 0.29) is 11.8 Å². The second kappa shape index (κ2) is 7.92. The lowest BCUT2D eigenvalue weighted by molar-refractivity contribution is -0.129. The van der Waals surface area contributed by atoms with E-state index in [1.165, 1.54) is 0 Å². The summed E-state index contributed by atoms with van der Waals surface area (Å²) < 4.78 is 0. The molecule has 23 heavy (non-hydrogen) atoms. The molecule has 0 atom stereocenters. The Hall–Kier alpha value is -2.15. The molecule has 0 aliphatic carbocycles. The van der Waals surface area contributed by atoms with E-state index in [9.17, 15) is 9.59 Å². The Bertz CT molecular complexity index is 536. The average molecular weight is 319 g/mol. The van der Waals surface area contributed by atoms with Gasteiger partial charge in [-0.15, -0.1) is 0 Å². The molecule has 2 amide bonds. The fourth-order valence-electron chi connectivity index (χ4n) is 2.47. The van der Waals surface area contributed by atoms with Gasteiger partial charge in [-0.1, -0.05) is 0 Å². The fourth-order valence-corrected chi connectivity index (χ4v) is 2.47. The number of rotatable bonds is 5. The van der Waals surface area contributed by atoms with Crippen LogP contribution in [-0.2, 0) is 4.79 Å². The molecule has 1 aromatic heterocycles. The molecule has 0 aromatic carbocycles. The Morgan fingerprint density at radius 2 is 1.91 bits per heavy atom. The first-order chi connectivity index (χ1) is 11.0. The molecule has 1 fully saturated rings. The molecule has 0 radical (unpaired) electrons. The molecule has 0 bridgehead atoms. The van der Waals surface area contributed by atoms with Crippen molar-refractivity contribution in [3.63, 3.8) is 0 Å². The molecule has 2 heterocycles. The molecule has 1 aromatic rings. The monoisotopic (exact) mass is 319 g/mol. The van der Waals surface area contributed by atoms with Gasteiger partial charge >= 0.3 is 0 Å². The number of anilines is 1. The standard InChI is InChI=1S/C16H25N5O2/c1-13(22)20-8-10-21(11-9-20)14-4-5-15(18-12-14)16(23)17-6-7-19(2)3/h4-5,12H,6-11H2,1-3H3,(H,17,23). The molecule has 7 nitrogen and oxygen atoms in total. The first kappa shape index (κ1) is 17.2. The SMILES string of the molecule is CC(=O)N1CCN(c2ccc(C(=O)NCCN(C)C)nc2)CC1. The molecule has 1 saturated heterocycles. The van der Waals surface area contributed by atoms with Crippen molar-refractivity contribution in [2.24, 2.45) is 0 Å². The lowest BCUT2D eigenvalue weighted by atomic mass is 10.2. The zero-order valence-electron chi connectivity index (χ0n) is 14.1. The average Bonchev–Trinajstić information content (AvgIpc) is 2.54. The maximum Gasteiger partial charge on any atom is 0.269 e. The highest BCUT2D eigenvalue weighted by atomic mass is 16.2. The summed E-state index contributed by atoms with van der Waals surface area (Å²) in [5.41, 5.74) is 1.41. The van der Waals surface area contributed by atoms with E-state index in [0.717, 1.165) is 38.4 Å². The van der Waals surface area contributed by atoms with Gasteiger partial charge in [-0.05, 0) is 26.2 Å². The van der Waals surface area contributed by atoms with Crippen LogP contribution in [0.15, 0.2) is 18.3 Å². The van der Waals surface area contributed by atoms with Crippen molar-refractivity contribution in [1.29, 1.82) is 0 Å². The topological polar surface area (TPSA) is 68.8 Å². The molecular formula is C16H25N5O2. The van der Waals surface area contributed by atoms with Crippen LogP contribution in [0, 0.1) is 0 Å². The van der Waals surface area contributed by atoms with Gasteiger partial charge in [0.25, 0.3) is 5.91 Å². The van der Waals surface area contributed by atoms with Crippen molar-refractivity contribution in [2.75, 3.05) is 58.3 Å². The molecule has 1 aliphatic rings. The maximum absolute atomic E-state index is 12.0. The van der Waals surface area contributed by atoms with Crippen LogP contribution in [0.2, 0.25) is 0 Å². The number of aromatic nitrogens is 1. The Balaban J connectivity index is 1.87. The van der Waals surface area contributed by atoms with Gasteiger partial charge in [0.05, 0.1) is 11.9 Å². The fraction of sp³-hybridized carbons (Fsp3) is 0.562. The van der Waals surface area contributed by atoms with Gasteiger partial charge in [-0.3, -0.25) is 9.59 Å². The van der Waals surface area contributed by atoms with Crippen LogP contribution in [0.3, 0.4) is 0 Å². The highest BCUT2D eigenvalue weighted by Gasteiger charge is 2.19. The third-order valence-corrected chi connectivity index (χ3v) is 3.92. The summed E-state index contributed by atoms with van der Waals surface area (Å²) in [4.78, 5) is 33.6. The van der Waals surface area contributed by atoms with E-state index in [0.29, 0.717) is 12.2 Å². The summed E-state index contributed by atoms with van der Waals surface area (Å²) in [7, 11) is 3.93. The number of hydrogen-bond donors (Lipinski definition) is 1. The van der Waals surface area contributed by atoms with Crippen LogP contribution in [0.5, 0.6) is 0 Å². The zero-order chi connectivity index (χ0) is 16.8. The number of nitrogens with zero attached hydrogens (tertiary/aromatic N) is 4. The number of amides is 2. The predicted octanol–water partition coefficient (Wildman–Crippen LogP) is 0.0415. The van der Waals surface area contributed by atoms with Crippen LogP contribution >= 0.6 is 0 Å². The van der Waals surface area contributed by atoms with Gasteiger partial charge < -0.3 is 20.0 Å². The number of piperazine rings is 1. The van der Waals surface area contributed by atoms with Crippen molar-refractivity contribution < 1.29 is 9.59 Å². The number of pyridine rings is 1. The van der Waals surface area contributed by atoms with E-state index in [2.05, 4.69) is 15.2 Å². The number of likely N-dealkylation sites (N-methyl/N-ethyl adjacent to an activating group) is 1. The van der Waals surface area contributed by atoms with E-state index in [1.54, 1.807) is 19.2 Å². The second-order valence-electron chi connectivity index (χ2n) is 5.95. The van der Waals surface area contributed by atoms with Gasteiger partial charge in [0.15, 0.2) is 0 Å². The van der Waals surface area contributed by atoms with Gasteiger partial charge in [0, 0.05) is 46.2 Å². The third-order valence-electron chi connectivity index (χ3n) is 3.92. The van der Waals surface area contributed by atoms with Crippen LogP contribution in [0.25, 0.3) is 0 Å². The number of nitrogens with one attached hydrogen (secondary N) is 1. The number of carbonyl (C=O) groups excluding carboxylic acids is 2. The molecule has 0 spiro atoms. The van der Waals surface area contributed by atoms with Gasteiger partial charge in [-0.25, -0.2) is 4.98 Å². The summed E-state index contributed by atoms with van der Waals surface area (Å²) >= 11 is 0. The van der Waals surface area contributed by atoms with E-state index >= 15 is 0 Å². The summed E-state index contributed by atoms with van der Waals surface area (Å²) in [5, 5.41) is 2.85. The largest absolute Gasteiger partial charge is 0.367 e. The van der Waals surface area contributed by atoms with E-state index in [1.807, 2.05) is 30.0 Å². The Labute approximate surface area is 137 Å². The molecule has 0 unspecified atom stereocenters. The van der Waals surface area contributed by atoms with Crippen molar-refractivity contribution in [2.45, 2.75) is 6.92 Å². The minimum Gasteiger partial charge on any atom is -0.367 e. The van der Waals surface area contributed by atoms with Crippen LogP contribution in [-0.4, -0.2) is 80.0 Å². The van der Waals surface area contributed by atoms with Crippen LogP contribution in [0.1, 0.15) is 17.4 Å². The zero-order valence-corrected chi connectivity index (χ0v) is 14.1. The molecule has 1 N–H and O–H groups in total. The van der Waals surface area contributed by atoms with Crippen molar-refractivity contribution in [1.82, 2.24) is 20.1 Å². The van der Waals surface area contributed by atoms with Crippen LogP contribution in [0.4, 0.5) is 5.69 Å². The van der Waals surface area contributed by atoms with Crippen LogP contribution < -0.4 is 10.2 Å². The first-order valence-electron chi connectivity index (χ1n) is 7.87. The highest BCUT2D eigenvalue weighted by Crippen LogP contribution is 2.15. The number of carbonyl (C=O) groups is 2. The Morgan fingerprint density at radius 1 is 1.22 bits per heavy atom.